The molecule has 0 aliphatic heterocycles. The topological polar surface area (TPSA) is 74.3 Å². The zero-order valence-electron chi connectivity index (χ0n) is 14.9. The van der Waals surface area contributed by atoms with Crippen LogP contribution in [-0.2, 0) is 0 Å². The van der Waals surface area contributed by atoms with E-state index >= 15 is 0 Å². The molecule has 2 rings (SSSR count). The lowest BCUT2D eigenvalue weighted by Crippen LogP contribution is -2.27. The largest absolute Gasteiger partial charge is 0.352 e. The molecular weight excluding hydrogens is 361 g/mol. The van der Waals surface area contributed by atoms with E-state index in [1.807, 2.05) is 19.0 Å². The van der Waals surface area contributed by atoms with Gasteiger partial charge in [-0.25, -0.2) is 13.2 Å². The third kappa shape index (κ3) is 5.52. The van der Waals surface area contributed by atoms with Crippen molar-refractivity contribution in [2.45, 2.75) is 6.42 Å². The van der Waals surface area contributed by atoms with Crippen molar-refractivity contribution in [3.8, 4) is 0 Å². The van der Waals surface area contributed by atoms with Crippen LogP contribution in [0.3, 0.4) is 0 Å². The molecular formula is C18H19F3N4O2. The molecule has 9 heteroatoms. The molecule has 1 heterocycles. The van der Waals surface area contributed by atoms with Crippen LogP contribution < -0.4 is 10.6 Å². The maximum Gasteiger partial charge on any atom is 0.274 e. The first-order valence-electron chi connectivity index (χ1n) is 8.13. The van der Waals surface area contributed by atoms with Crippen molar-refractivity contribution in [3.05, 3.63) is 59.2 Å². The lowest BCUT2D eigenvalue weighted by molar-refractivity contribution is 0.0952. The predicted molar refractivity (Wildman–Crippen MR) is 94.0 cm³/mol. The molecule has 1 aromatic heterocycles. The van der Waals surface area contributed by atoms with Crippen LogP contribution in [0, 0.1) is 17.5 Å². The summed E-state index contributed by atoms with van der Waals surface area (Å²) in [4.78, 5) is 30.1. The van der Waals surface area contributed by atoms with Crippen LogP contribution in [0.5, 0.6) is 0 Å². The van der Waals surface area contributed by atoms with Crippen molar-refractivity contribution in [1.29, 1.82) is 0 Å². The van der Waals surface area contributed by atoms with Crippen molar-refractivity contribution in [2.75, 3.05) is 32.5 Å². The van der Waals surface area contributed by atoms with Gasteiger partial charge >= 0.3 is 0 Å². The average molecular weight is 380 g/mol. The number of nitrogens with one attached hydrogen (secondary N) is 2. The Labute approximate surface area is 154 Å². The highest BCUT2D eigenvalue weighted by Gasteiger charge is 2.17. The molecule has 27 heavy (non-hydrogen) atoms. The van der Waals surface area contributed by atoms with Gasteiger partial charge in [0.1, 0.15) is 5.69 Å². The molecule has 0 aliphatic carbocycles. The molecule has 0 atom stereocenters. The standard InChI is InChI=1S/C18H19F3N4O2/c1-25(2)9-3-7-23-17(26)11-6-8-22-14(10-11)18(27)24-13-5-4-12(19)15(20)16(13)21/h4-6,8,10H,3,7,9H2,1-2H3,(H,23,26)(H,24,27). The van der Waals surface area contributed by atoms with Crippen LogP contribution in [0.2, 0.25) is 0 Å². The van der Waals surface area contributed by atoms with Gasteiger partial charge in [0.25, 0.3) is 11.8 Å². The maximum atomic E-state index is 13.7. The van der Waals surface area contributed by atoms with Gasteiger partial charge in [-0.1, -0.05) is 0 Å². The first kappa shape index (κ1) is 20.4. The van der Waals surface area contributed by atoms with Crippen molar-refractivity contribution in [1.82, 2.24) is 15.2 Å². The molecule has 0 spiro atoms. The number of carbonyl (C=O) groups excluding carboxylic acids is 2. The maximum absolute atomic E-state index is 13.7. The van der Waals surface area contributed by atoms with Gasteiger partial charge in [0, 0.05) is 18.3 Å². The van der Waals surface area contributed by atoms with Crippen LogP contribution >= 0.6 is 0 Å². The van der Waals surface area contributed by atoms with Crippen molar-refractivity contribution in [3.63, 3.8) is 0 Å². The van der Waals surface area contributed by atoms with Gasteiger partial charge in [0.05, 0.1) is 5.69 Å². The van der Waals surface area contributed by atoms with E-state index in [1.165, 1.54) is 18.3 Å². The summed E-state index contributed by atoms with van der Waals surface area (Å²) in [6, 6.07) is 4.25. The van der Waals surface area contributed by atoms with Crippen molar-refractivity contribution in [2.24, 2.45) is 0 Å². The summed E-state index contributed by atoms with van der Waals surface area (Å²) in [5.41, 5.74) is -0.495. The molecule has 6 nitrogen and oxygen atoms in total. The fourth-order valence-electron chi connectivity index (χ4n) is 2.20. The fraction of sp³-hybridized carbons (Fsp3) is 0.278. The van der Waals surface area contributed by atoms with E-state index in [2.05, 4.69) is 15.6 Å². The van der Waals surface area contributed by atoms with Gasteiger partial charge < -0.3 is 15.5 Å². The molecule has 0 aliphatic rings. The van der Waals surface area contributed by atoms with Crippen LogP contribution in [0.1, 0.15) is 27.3 Å². The van der Waals surface area contributed by atoms with E-state index in [1.54, 1.807) is 0 Å². The number of carbonyl (C=O) groups is 2. The van der Waals surface area contributed by atoms with E-state index in [9.17, 15) is 22.8 Å². The van der Waals surface area contributed by atoms with Gasteiger partial charge in [0.15, 0.2) is 17.5 Å². The summed E-state index contributed by atoms with van der Waals surface area (Å²) < 4.78 is 39.8. The number of hydrogen-bond acceptors (Lipinski definition) is 4. The molecule has 0 fully saturated rings. The Bertz CT molecular complexity index is 843. The first-order chi connectivity index (χ1) is 12.8. The molecule has 2 amide bonds. The third-order valence-electron chi connectivity index (χ3n) is 3.61. The summed E-state index contributed by atoms with van der Waals surface area (Å²) in [6.07, 6.45) is 2.01. The number of hydrogen-bond donors (Lipinski definition) is 2. The Kier molecular flexibility index (Phi) is 6.89. The highest BCUT2D eigenvalue weighted by atomic mass is 19.2. The second-order valence-corrected chi connectivity index (χ2v) is 6.02. The zero-order chi connectivity index (χ0) is 20.0. The number of pyridine rings is 1. The van der Waals surface area contributed by atoms with Crippen molar-refractivity contribution >= 4 is 17.5 Å². The van der Waals surface area contributed by atoms with E-state index < -0.39 is 29.0 Å². The van der Waals surface area contributed by atoms with Crippen molar-refractivity contribution < 1.29 is 22.8 Å². The molecule has 0 saturated carbocycles. The molecule has 0 radical (unpaired) electrons. The second kappa shape index (κ2) is 9.13. The lowest BCUT2D eigenvalue weighted by Gasteiger charge is -2.10. The molecule has 2 aromatic rings. The highest BCUT2D eigenvalue weighted by Crippen LogP contribution is 2.20. The zero-order valence-corrected chi connectivity index (χ0v) is 14.9. The Morgan fingerprint density at radius 1 is 1.07 bits per heavy atom. The molecule has 0 unspecified atom stereocenters. The molecule has 144 valence electrons. The second-order valence-electron chi connectivity index (χ2n) is 6.02. The number of benzene rings is 1. The molecule has 2 N–H and O–H groups in total. The summed E-state index contributed by atoms with van der Waals surface area (Å²) >= 11 is 0. The van der Waals surface area contributed by atoms with Crippen LogP contribution in [0.15, 0.2) is 30.5 Å². The van der Waals surface area contributed by atoms with E-state index in [0.29, 0.717) is 12.6 Å². The number of rotatable bonds is 7. The summed E-state index contributed by atoms with van der Waals surface area (Å²) in [7, 11) is 3.84. The van der Waals surface area contributed by atoms with Gasteiger partial charge in [-0.15, -0.1) is 0 Å². The monoisotopic (exact) mass is 380 g/mol. The Hall–Kier alpha value is -2.94. The number of aromatic nitrogens is 1. The number of amides is 2. The quantitative estimate of drug-likeness (QED) is 0.572. The van der Waals surface area contributed by atoms with Gasteiger partial charge in [-0.05, 0) is 51.3 Å². The summed E-state index contributed by atoms with van der Waals surface area (Å²) in [6.45, 7) is 1.27. The van der Waals surface area contributed by atoms with E-state index in [0.717, 1.165) is 19.0 Å². The van der Waals surface area contributed by atoms with Gasteiger partial charge in [-0.3, -0.25) is 14.6 Å². The minimum Gasteiger partial charge on any atom is -0.352 e. The molecule has 0 saturated heterocycles. The molecule has 1 aromatic carbocycles. The molecule has 0 bridgehead atoms. The Morgan fingerprint density at radius 3 is 2.52 bits per heavy atom. The Balaban J connectivity index is 2.05. The fourth-order valence-corrected chi connectivity index (χ4v) is 2.20. The third-order valence-corrected chi connectivity index (χ3v) is 3.61. The van der Waals surface area contributed by atoms with Crippen LogP contribution in [-0.4, -0.2) is 48.9 Å². The summed E-state index contributed by atoms with van der Waals surface area (Å²) in [5.74, 6) is -5.81. The van der Waals surface area contributed by atoms with E-state index in [4.69, 9.17) is 0 Å². The minimum atomic E-state index is -1.69. The normalized spacial score (nSPS) is 10.7. The minimum absolute atomic E-state index is 0.167. The summed E-state index contributed by atoms with van der Waals surface area (Å²) in [5, 5.41) is 4.82. The van der Waals surface area contributed by atoms with E-state index in [-0.39, 0.29) is 17.2 Å². The number of halogens is 3. The van der Waals surface area contributed by atoms with Gasteiger partial charge in [-0.2, -0.15) is 0 Å². The first-order valence-corrected chi connectivity index (χ1v) is 8.13. The van der Waals surface area contributed by atoms with Crippen LogP contribution in [0.4, 0.5) is 18.9 Å². The van der Waals surface area contributed by atoms with Crippen LogP contribution in [0.25, 0.3) is 0 Å². The SMILES string of the molecule is CN(C)CCCNC(=O)c1ccnc(C(=O)Nc2ccc(F)c(F)c2F)c1. The predicted octanol–water partition coefficient (Wildman–Crippen LogP) is 2.43. The highest BCUT2D eigenvalue weighted by molar-refractivity contribution is 6.04. The number of anilines is 1. The van der Waals surface area contributed by atoms with Gasteiger partial charge in [0.2, 0.25) is 0 Å². The smallest absolute Gasteiger partial charge is 0.274 e. The number of nitrogens with zero attached hydrogens (tertiary/aromatic N) is 2. The average Bonchev–Trinajstić information content (AvgIpc) is 2.65. The lowest BCUT2D eigenvalue weighted by atomic mass is 10.2. The Morgan fingerprint density at radius 2 is 1.81 bits per heavy atom.